The average molecular weight is 190 g/mol. The van der Waals surface area contributed by atoms with Crippen LogP contribution in [-0.4, -0.2) is 13.6 Å². The fourth-order valence-corrected chi connectivity index (χ4v) is 1.16. The van der Waals surface area contributed by atoms with E-state index in [1.54, 1.807) is 12.1 Å². The second-order valence-electron chi connectivity index (χ2n) is 2.98. The van der Waals surface area contributed by atoms with Crippen LogP contribution in [0.2, 0.25) is 0 Å². The summed E-state index contributed by atoms with van der Waals surface area (Å²) in [5.74, 6) is -0.394. The van der Waals surface area contributed by atoms with Crippen LogP contribution in [0.25, 0.3) is 0 Å². The first kappa shape index (κ1) is 10.3. The Morgan fingerprint density at radius 2 is 2.29 bits per heavy atom. The van der Waals surface area contributed by atoms with Crippen LogP contribution in [0.15, 0.2) is 30.9 Å². The summed E-state index contributed by atoms with van der Waals surface area (Å²) in [6.07, 6.45) is 1.72. The van der Waals surface area contributed by atoms with Gasteiger partial charge in [-0.2, -0.15) is 5.26 Å². The lowest BCUT2D eigenvalue weighted by Gasteiger charge is -2.17. The molecule has 0 unspecified atom stereocenters. The number of hydrogen-bond acceptors (Lipinski definition) is 2. The molecule has 1 aromatic rings. The van der Waals surface area contributed by atoms with Crippen molar-refractivity contribution in [2.75, 3.05) is 18.5 Å². The van der Waals surface area contributed by atoms with E-state index in [2.05, 4.69) is 6.58 Å². The summed E-state index contributed by atoms with van der Waals surface area (Å²) < 4.78 is 13.0. The molecule has 0 N–H and O–H groups in total. The largest absolute Gasteiger partial charge is 0.371 e. The zero-order valence-corrected chi connectivity index (χ0v) is 8.00. The molecule has 0 aliphatic carbocycles. The maximum absolute atomic E-state index is 13.0. The molecule has 0 aliphatic heterocycles. The van der Waals surface area contributed by atoms with Gasteiger partial charge in [0.25, 0.3) is 0 Å². The zero-order chi connectivity index (χ0) is 10.6. The van der Waals surface area contributed by atoms with Crippen LogP contribution >= 0.6 is 0 Å². The normalized spacial score (nSPS) is 9.21. The lowest BCUT2D eigenvalue weighted by Crippen LogP contribution is -2.16. The summed E-state index contributed by atoms with van der Waals surface area (Å²) in [5.41, 5.74) is 1.01. The maximum atomic E-state index is 13.0. The van der Waals surface area contributed by atoms with Crippen LogP contribution in [0.4, 0.5) is 10.1 Å². The van der Waals surface area contributed by atoms with E-state index >= 15 is 0 Å². The topological polar surface area (TPSA) is 27.0 Å². The summed E-state index contributed by atoms with van der Waals surface area (Å²) in [6, 6.07) is 6.16. The number of nitrogens with zero attached hydrogens (tertiary/aromatic N) is 2. The smallest absolute Gasteiger partial charge is 0.126 e. The van der Waals surface area contributed by atoms with E-state index in [-0.39, 0.29) is 0 Å². The summed E-state index contributed by atoms with van der Waals surface area (Å²) in [7, 11) is 1.82. The van der Waals surface area contributed by atoms with Crippen molar-refractivity contribution in [1.82, 2.24) is 0 Å². The van der Waals surface area contributed by atoms with Crippen molar-refractivity contribution in [3.63, 3.8) is 0 Å². The minimum atomic E-state index is -0.394. The van der Waals surface area contributed by atoms with Crippen molar-refractivity contribution in [3.8, 4) is 6.07 Å². The Morgan fingerprint density at radius 1 is 1.57 bits per heavy atom. The highest BCUT2D eigenvalue weighted by molar-refractivity contribution is 5.51. The summed E-state index contributed by atoms with van der Waals surface area (Å²) in [4.78, 5) is 1.82. The quantitative estimate of drug-likeness (QED) is 0.684. The van der Waals surface area contributed by atoms with Crippen LogP contribution < -0.4 is 4.90 Å². The zero-order valence-electron chi connectivity index (χ0n) is 8.00. The molecule has 1 aromatic carbocycles. The van der Waals surface area contributed by atoms with E-state index in [1.165, 1.54) is 12.1 Å². The number of anilines is 1. The van der Waals surface area contributed by atoms with E-state index in [1.807, 2.05) is 18.0 Å². The van der Waals surface area contributed by atoms with Crippen molar-refractivity contribution in [2.24, 2.45) is 0 Å². The van der Waals surface area contributed by atoms with Gasteiger partial charge in [0.2, 0.25) is 0 Å². The van der Waals surface area contributed by atoms with Gasteiger partial charge in [-0.3, -0.25) is 0 Å². The van der Waals surface area contributed by atoms with Crippen molar-refractivity contribution in [3.05, 3.63) is 42.2 Å². The van der Waals surface area contributed by atoms with Crippen molar-refractivity contribution in [2.45, 2.75) is 0 Å². The fourth-order valence-electron chi connectivity index (χ4n) is 1.16. The lowest BCUT2D eigenvalue weighted by molar-refractivity contribution is 0.627. The average Bonchev–Trinajstić information content (AvgIpc) is 2.17. The first-order chi connectivity index (χ1) is 6.67. The number of rotatable bonds is 3. The van der Waals surface area contributed by atoms with Gasteiger partial charge in [-0.1, -0.05) is 6.08 Å². The van der Waals surface area contributed by atoms with Crippen LogP contribution in [0.1, 0.15) is 5.56 Å². The fraction of sp³-hybridized carbons (Fsp3) is 0.182. The van der Waals surface area contributed by atoms with Gasteiger partial charge in [0.05, 0.1) is 11.6 Å². The summed E-state index contributed by atoms with van der Waals surface area (Å²) in [5, 5.41) is 8.64. The second-order valence-corrected chi connectivity index (χ2v) is 2.98. The molecule has 3 heteroatoms. The first-order valence-electron chi connectivity index (χ1n) is 4.20. The molecule has 72 valence electrons. The Morgan fingerprint density at radius 3 is 2.86 bits per heavy atom. The first-order valence-corrected chi connectivity index (χ1v) is 4.20. The Kier molecular flexibility index (Phi) is 3.24. The van der Waals surface area contributed by atoms with E-state index < -0.39 is 5.82 Å². The van der Waals surface area contributed by atoms with Gasteiger partial charge >= 0.3 is 0 Å². The van der Waals surface area contributed by atoms with E-state index in [0.29, 0.717) is 17.8 Å². The Labute approximate surface area is 82.9 Å². The number of benzene rings is 1. The highest BCUT2D eigenvalue weighted by atomic mass is 19.1. The van der Waals surface area contributed by atoms with Crippen LogP contribution in [0.5, 0.6) is 0 Å². The molecule has 0 amide bonds. The highest BCUT2D eigenvalue weighted by Gasteiger charge is 2.03. The lowest BCUT2D eigenvalue weighted by atomic mass is 10.2. The third-order valence-corrected chi connectivity index (χ3v) is 1.86. The molecule has 0 fully saturated rings. The number of nitriles is 1. The van der Waals surface area contributed by atoms with Crippen LogP contribution in [-0.2, 0) is 0 Å². The number of likely N-dealkylation sites (N-methyl/N-ethyl adjacent to an activating group) is 1. The van der Waals surface area contributed by atoms with Crippen molar-refractivity contribution in [1.29, 1.82) is 5.26 Å². The van der Waals surface area contributed by atoms with Gasteiger partial charge in [0, 0.05) is 19.3 Å². The van der Waals surface area contributed by atoms with E-state index in [9.17, 15) is 4.39 Å². The van der Waals surface area contributed by atoms with Gasteiger partial charge in [-0.15, -0.1) is 6.58 Å². The molecule has 0 saturated carbocycles. The molecule has 1 rings (SSSR count). The maximum Gasteiger partial charge on any atom is 0.126 e. The summed E-state index contributed by atoms with van der Waals surface area (Å²) >= 11 is 0. The molecular formula is C11H11FN2. The van der Waals surface area contributed by atoms with Gasteiger partial charge in [-0.25, -0.2) is 4.39 Å². The number of halogens is 1. The van der Waals surface area contributed by atoms with E-state index in [0.717, 1.165) is 0 Å². The SMILES string of the molecule is C=CCN(C)c1cc(F)cc(C#N)c1. The molecular weight excluding hydrogens is 179 g/mol. The Bertz CT molecular complexity index is 379. The van der Waals surface area contributed by atoms with Gasteiger partial charge in [0.15, 0.2) is 0 Å². The minimum absolute atomic E-state index is 0.330. The molecule has 14 heavy (non-hydrogen) atoms. The van der Waals surface area contributed by atoms with Gasteiger partial charge in [0.1, 0.15) is 5.82 Å². The second kappa shape index (κ2) is 4.43. The molecule has 0 atom stereocenters. The standard InChI is InChI=1S/C11H11FN2/c1-3-4-14(2)11-6-9(8-13)5-10(12)7-11/h3,5-7H,1,4H2,2H3. The van der Waals surface area contributed by atoms with Gasteiger partial charge < -0.3 is 4.90 Å². The molecule has 0 radical (unpaired) electrons. The molecule has 0 aromatic heterocycles. The third-order valence-electron chi connectivity index (χ3n) is 1.86. The molecule has 2 nitrogen and oxygen atoms in total. The van der Waals surface area contributed by atoms with E-state index in [4.69, 9.17) is 5.26 Å². The van der Waals surface area contributed by atoms with Gasteiger partial charge in [-0.05, 0) is 18.2 Å². The molecule has 0 heterocycles. The number of hydrogen-bond donors (Lipinski definition) is 0. The Hall–Kier alpha value is -1.82. The molecule has 0 spiro atoms. The van der Waals surface area contributed by atoms with Crippen molar-refractivity contribution < 1.29 is 4.39 Å². The minimum Gasteiger partial charge on any atom is -0.371 e. The third kappa shape index (κ3) is 2.33. The predicted octanol–water partition coefficient (Wildman–Crippen LogP) is 2.32. The van der Waals surface area contributed by atoms with Crippen LogP contribution in [0.3, 0.4) is 0 Å². The highest BCUT2D eigenvalue weighted by Crippen LogP contribution is 2.16. The molecule has 0 saturated heterocycles. The Balaban J connectivity index is 3.03. The monoisotopic (exact) mass is 190 g/mol. The van der Waals surface area contributed by atoms with Crippen molar-refractivity contribution >= 4 is 5.69 Å². The van der Waals surface area contributed by atoms with Crippen LogP contribution in [0, 0.1) is 17.1 Å². The predicted molar refractivity (Wildman–Crippen MR) is 54.6 cm³/mol. The summed E-state index contributed by atoms with van der Waals surface area (Å²) in [6.45, 7) is 4.21. The molecule has 0 bridgehead atoms. The molecule has 0 aliphatic rings.